The molecule has 2 aromatic rings. The van der Waals surface area contributed by atoms with Crippen LogP contribution in [0.3, 0.4) is 0 Å². The van der Waals surface area contributed by atoms with Gasteiger partial charge in [-0.3, -0.25) is 14.5 Å². The molecular weight excluding hydrogens is 384 g/mol. The number of piperidine rings is 1. The lowest BCUT2D eigenvalue weighted by Crippen LogP contribution is -2.41. The van der Waals surface area contributed by atoms with Crippen molar-refractivity contribution in [3.8, 4) is 0 Å². The van der Waals surface area contributed by atoms with Crippen molar-refractivity contribution in [3.63, 3.8) is 0 Å². The molecule has 0 saturated carbocycles. The molecule has 0 N–H and O–H groups in total. The Hall–Kier alpha value is -2.59. The molecule has 4 nitrogen and oxygen atoms in total. The lowest BCUT2D eigenvalue weighted by molar-refractivity contribution is -0.138. The van der Waals surface area contributed by atoms with Crippen LogP contribution in [0.25, 0.3) is 5.57 Å². The van der Waals surface area contributed by atoms with Crippen LogP contribution in [-0.2, 0) is 16.1 Å². The number of benzene rings is 2. The third kappa shape index (κ3) is 3.95. The lowest BCUT2D eigenvalue weighted by atomic mass is 9.91. The Balaban J connectivity index is 1.73. The average molecular weight is 409 g/mol. The summed E-state index contributed by atoms with van der Waals surface area (Å²) in [6.07, 6.45) is 1.14. The van der Waals surface area contributed by atoms with Crippen LogP contribution in [-0.4, -0.2) is 34.7 Å². The van der Waals surface area contributed by atoms with Gasteiger partial charge in [0.1, 0.15) is 5.70 Å². The van der Waals surface area contributed by atoms with Gasteiger partial charge in [0.15, 0.2) is 0 Å². The van der Waals surface area contributed by atoms with Crippen LogP contribution in [0.5, 0.6) is 0 Å². The van der Waals surface area contributed by atoms with E-state index in [9.17, 15) is 9.59 Å². The van der Waals surface area contributed by atoms with Gasteiger partial charge >= 0.3 is 0 Å². The second kappa shape index (κ2) is 8.03. The Kier molecular flexibility index (Phi) is 5.46. The van der Waals surface area contributed by atoms with Gasteiger partial charge in [-0.05, 0) is 41.5 Å². The van der Waals surface area contributed by atoms with Crippen molar-refractivity contribution in [2.24, 2.45) is 11.8 Å². The van der Waals surface area contributed by atoms with Crippen LogP contribution < -0.4 is 0 Å². The van der Waals surface area contributed by atoms with Crippen molar-refractivity contribution >= 4 is 29.0 Å². The minimum Gasteiger partial charge on any atom is -0.366 e. The van der Waals surface area contributed by atoms with Crippen molar-refractivity contribution in [1.29, 1.82) is 0 Å². The number of halogens is 1. The molecule has 150 valence electrons. The SMILES string of the molecule is CC1CC(C)CN(C2=C(c3ccccc3)C(=O)N(Cc3ccc(Cl)cc3)C2=O)C1. The third-order valence-electron chi connectivity index (χ3n) is 5.65. The Bertz CT molecular complexity index is 943. The maximum atomic E-state index is 13.5. The lowest BCUT2D eigenvalue weighted by Gasteiger charge is -2.37. The summed E-state index contributed by atoms with van der Waals surface area (Å²) < 4.78 is 0. The number of carbonyl (C=O) groups excluding carboxylic acids is 2. The molecule has 0 bridgehead atoms. The van der Waals surface area contributed by atoms with E-state index >= 15 is 0 Å². The van der Waals surface area contributed by atoms with E-state index in [1.807, 2.05) is 42.5 Å². The van der Waals surface area contributed by atoms with Crippen LogP contribution in [0.15, 0.2) is 60.3 Å². The molecule has 0 aliphatic carbocycles. The van der Waals surface area contributed by atoms with E-state index in [1.165, 1.54) is 4.90 Å². The van der Waals surface area contributed by atoms with E-state index in [4.69, 9.17) is 11.6 Å². The number of nitrogens with zero attached hydrogens (tertiary/aromatic N) is 2. The summed E-state index contributed by atoms with van der Waals surface area (Å²) >= 11 is 5.98. The van der Waals surface area contributed by atoms with Gasteiger partial charge in [-0.1, -0.05) is 67.9 Å². The summed E-state index contributed by atoms with van der Waals surface area (Å²) in [6, 6.07) is 16.8. The fourth-order valence-electron chi connectivity index (χ4n) is 4.48. The normalized spacial score (nSPS) is 22.6. The number of hydrogen-bond acceptors (Lipinski definition) is 3. The highest BCUT2D eigenvalue weighted by Crippen LogP contribution is 2.35. The molecule has 1 saturated heterocycles. The topological polar surface area (TPSA) is 40.6 Å². The van der Waals surface area contributed by atoms with E-state index in [2.05, 4.69) is 18.7 Å². The summed E-state index contributed by atoms with van der Waals surface area (Å²) in [6.45, 7) is 6.25. The Morgan fingerprint density at radius 3 is 2.14 bits per heavy atom. The van der Waals surface area contributed by atoms with Crippen LogP contribution in [0, 0.1) is 11.8 Å². The minimum absolute atomic E-state index is 0.204. The monoisotopic (exact) mass is 408 g/mol. The van der Waals surface area contributed by atoms with Gasteiger partial charge in [0, 0.05) is 18.1 Å². The van der Waals surface area contributed by atoms with Gasteiger partial charge in [-0.25, -0.2) is 0 Å². The van der Waals surface area contributed by atoms with Crippen LogP contribution >= 0.6 is 11.6 Å². The fraction of sp³-hybridized carbons (Fsp3) is 0.333. The molecule has 2 heterocycles. The molecule has 2 atom stereocenters. The summed E-state index contributed by atoms with van der Waals surface area (Å²) in [5.41, 5.74) is 2.75. The first kappa shape index (κ1) is 19.7. The molecule has 1 fully saturated rings. The Labute approximate surface area is 176 Å². The summed E-state index contributed by atoms with van der Waals surface area (Å²) in [4.78, 5) is 30.4. The maximum absolute atomic E-state index is 13.5. The smallest absolute Gasteiger partial charge is 0.278 e. The van der Waals surface area contributed by atoms with Crippen molar-refractivity contribution in [2.45, 2.75) is 26.8 Å². The average Bonchev–Trinajstić information content (AvgIpc) is 2.94. The van der Waals surface area contributed by atoms with Crippen LogP contribution in [0.2, 0.25) is 5.02 Å². The van der Waals surface area contributed by atoms with Crippen LogP contribution in [0.4, 0.5) is 0 Å². The number of likely N-dealkylation sites (tertiary alicyclic amines) is 1. The number of hydrogen-bond donors (Lipinski definition) is 0. The molecular formula is C24H25ClN2O2. The summed E-state index contributed by atoms with van der Waals surface area (Å²) in [7, 11) is 0. The molecule has 2 aliphatic rings. The van der Waals surface area contributed by atoms with E-state index in [-0.39, 0.29) is 18.4 Å². The highest BCUT2D eigenvalue weighted by molar-refractivity contribution is 6.35. The largest absolute Gasteiger partial charge is 0.366 e. The Morgan fingerprint density at radius 2 is 1.52 bits per heavy atom. The number of imide groups is 1. The van der Waals surface area contributed by atoms with Crippen molar-refractivity contribution in [1.82, 2.24) is 9.80 Å². The zero-order chi connectivity index (χ0) is 20.5. The highest BCUT2D eigenvalue weighted by atomic mass is 35.5. The number of carbonyl (C=O) groups is 2. The van der Waals surface area contributed by atoms with Crippen molar-refractivity contribution < 1.29 is 9.59 Å². The minimum atomic E-state index is -0.225. The van der Waals surface area contributed by atoms with Gasteiger partial charge in [-0.2, -0.15) is 0 Å². The standard InChI is InChI=1S/C24H25ClN2O2/c1-16-12-17(2)14-26(13-16)22-21(19-6-4-3-5-7-19)23(28)27(24(22)29)15-18-8-10-20(25)11-9-18/h3-11,16-17H,12-15H2,1-2H3. The van der Waals surface area contributed by atoms with Gasteiger partial charge in [0.05, 0.1) is 12.1 Å². The van der Waals surface area contributed by atoms with Crippen LogP contribution in [0.1, 0.15) is 31.4 Å². The van der Waals surface area contributed by atoms with E-state index in [0.29, 0.717) is 28.1 Å². The molecule has 0 aromatic heterocycles. The second-order valence-electron chi connectivity index (χ2n) is 8.26. The molecule has 5 heteroatoms. The first-order valence-corrected chi connectivity index (χ1v) is 10.5. The zero-order valence-electron chi connectivity index (χ0n) is 16.8. The van der Waals surface area contributed by atoms with E-state index < -0.39 is 0 Å². The second-order valence-corrected chi connectivity index (χ2v) is 8.70. The molecule has 0 radical (unpaired) electrons. The molecule has 2 aliphatic heterocycles. The molecule has 4 rings (SSSR count). The fourth-order valence-corrected chi connectivity index (χ4v) is 4.61. The molecule has 29 heavy (non-hydrogen) atoms. The molecule has 2 unspecified atom stereocenters. The van der Waals surface area contributed by atoms with Gasteiger partial charge in [0.25, 0.3) is 11.8 Å². The zero-order valence-corrected chi connectivity index (χ0v) is 17.5. The van der Waals surface area contributed by atoms with Gasteiger partial charge in [-0.15, -0.1) is 0 Å². The summed E-state index contributed by atoms with van der Waals surface area (Å²) in [5.74, 6) is 0.537. The van der Waals surface area contributed by atoms with Crippen molar-refractivity contribution in [2.75, 3.05) is 13.1 Å². The predicted molar refractivity (Wildman–Crippen MR) is 115 cm³/mol. The first-order chi connectivity index (χ1) is 13.9. The van der Waals surface area contributed by atoms with E-state index in [0.717, 1.165) is 30.6 Å². The van der Waals surface area contributed by atoms with Gasteiger partial charge in [0.2, 0.25) is 0 Å². The first-order valence-electron chi connectivity index (χ1n) is 10.1. The molecule has 2 aromatic carbocycles. The number of rotatable bonds is 4. The number of amides is 2. The maximum Gasteiger partial charge on any atom is 0.278 e. The summed E-state index contributed by atoms with van der Waals surface area (Å²) in [5, 5.41) is 0.632. The Morgan fingerprint density at radius 1 is 0.897 bits per heavy atom. The highest BCUT2D eigenvalue weighted by Gasteiger charge is 2.42. The van der Waals surface area contributed by atoms with Crippen molar-refractivity contribution in [3.05, 3.63) is 76.4 Å². The van der Waals surface area contributed by atoms with E-state index in [1.54, 1.807) is 12.1 Å². The quantitative estimate of drug-likeness (QED) is 0.694. The predicted octanol–water partition coefficient (Wildman–Crippen LogP) is 4.60. The molecule has 0 spiro atoms. The molecule has 2 amide bonds. The van der Waals surface area contributed by atoms with Gasteiger partial charge < -0.3 is 4.90 Å². The third-order valence-corrected chi connectivity index (χ3v) is 5.90.